The number of nitrogens with zero attached hydrogens (tertiary/aromatic N) is 3. The Labute approximate surface area is 111 Å². The molecule has 2 aromatic rings. The Morgan fingerprint density at radius 1 is 1.42 bits per heavy atom. The van der Waals surface area contributed by atoms with E-state index in [1.165, 1.54) is 13.0 Å². The van der Waals surface area contributed by atoms with Crippen LogP contribution in [0.25, 0.3) is 11.8 Å². The molecule has 0 aliphatic rings. The smallest absolute Gasteiger partial charge is 0.238 e. The standard InChI is InChI=1S/C14H15N3O2/c1-10-8-17(9-15-10)13-7-6-12(5-4-11(2)18)16-14(13)19-3/h4-9H,1-3H3. The van der Waals surface area contributed by atoms with Crippen molar-refractivity contribution >= 4 is 11.9 Å². The molecule has 0 saturated heterocycles. The number of carbonyl (C=O) groups excluding carboxylic acids is 1. The van der Waals surface area contributed by atoms with Gasteiger partial charge in [0.25, 0.3) is 0 Å². The molecule has 0 radical (unpaired) electrons. The predicted octanol–water partition coefficient (Wildman–Crippen LogP) is 2.19. The first-order valence-electron chi connectivity index (χ1n) is 5.85. The molecule has 0 spiro atoms. The summed E-state index contributed by atoms with van der Waals surface area (Å²) >= 11 is 0. The molecule has 0 aromatic carbocycles. The van der Waals surface area contributed by atoms with Gasteiger partial charge in [-0.15, -0.1) is 0 Å². The third kappa shape index (κ3) is 3.07. The van der Waals surface area contributed by atoms with E-state index in [0.717, 1.165) is 11.4 Å². The third-order valence-corrected chi connectivity index (χ3v) is 2.53. The van der Waals surface area contributed by atoms with Crippen LogP contribution in [0.5, 0.6) is 5.88 Å². The molecule has 2 rings (SSSR count). The Bertz CT molecular complexity index is 629. The first-order chi connectivity index (χ1) is 9.10. The molecule has 0 aliphatic heterocycles. The van der Waals surface area contributed by atoms with Crippen molar-refractivity contribution in [2.24, 2.45) is 0 Å². The van der Waals surface area contributed by atoms with E-state index in [-0.39, 0.29) is 5.78 Å². The van der Waals surface area contributed by atoms with Gasteiger partial charge in [0.2, 0.25) is 5.88 Å². The highest BCUT2D eigenvalue weighted by Gasteiger charge is 2.07. The molecule has 0 amide bonds. The van der Waals surface area contributed by atoms with Crippen LogP contribution in [0.4, 0.5) is 0 Å². The van der Waals surface area contributed by atoms with E-state index >= 15 is 0 Å². The zero-order chi connectivity index (χ0) is 13.8. The average Bonchev–Trinajstić information content (AvgIpc) is 2.82. The average molecular weight is 257 g/mol. The highest BCUT2D eigenvalue weighted by molar-refractivity contribution is 5.91. The van der Waals surface area contributed by atoms with Gasteiger partial charge in [-0.2, -0.15) is 0 Å². The van der Waals surface area contributed by atoms with Gasteiger partial charge in [0, 0.05) is 6.20 Å². The maximum Gasteiger partial charge on any atom is 0.238 e. The van der Waals surface area contributed by atoms with Crippen molar-refractivity contribution in [1.29, 1.82) is 0 Å². The quantitative estimate of drug-likeness (QED) is 0.788. The van der Waals surface area contributed by atoms with Crippen LogP contribution in [-0.2, 0) is 4.79 Å². The molecule has 0 atom stereocenters. The van der Waals surface area contributed by atoms with Gasteiger partial charge in [-0.3, -0.25) is 4.79 Å². The molecule has 5 nitrogen and oxygen atoms in total. The number of ketones is 1. The predicted molar refractivity (Wildman–Crippen MR) is 72.4 cm³/mol. The van der Waals surface area contributed by atoms with Gasteiger partial charge in [-0.25, -0.2) is 9.97 Å². The molecule has 0 aliphatic carbocycles. The van der Waals surface area contributed by atoms with Crippen molar-refractivity contribution in [1.82, 2.24) is 14.5 Å². The van der Waals surface area contributed by atoms with Crippen LogP contribution >= 0.6 is 0 Å². The zero-order valence-corrected chi connectivity index (χ0v) is 11.1. The lowest BCUT2D eigenvalue weighted by Crippen LogP contribution is -1.99. The molecule has 0 saturated carbocycles. The lowest BCUT2D eigenvalue weighted by Gasteiger charge is -2.08. The maximum atomic E-state index is 10.9. The summed E-state index contributed by atoms with van der Waals surface area (Å²) in [5.41, 5.74) is 2.40. The van der Waals surface area contributed by atoms with Crippen LogP contribution < -0.4 is 4.74 Å². The number of aryl methyl sites for hydroxylation is 1. The lowest BCUT2D eigenvalue weighted by molar-refractivity contribution is -0.112. The molecule has 2 heterocycles. The Hall–Kier alpha value is -2.43. The van der Waals surface area contributed by atoms with Gasteiger partial charge in [0.1, 0.15) is 5.69 Å². The molecule has 0 bridgehead atoms. The van der Waals surface area contributed by atoms with Crippen molar-refractivity contribution in [3.63, 3.8) is 0 Å². The largest absolute Gasteiger partial charge is 0.479 e. The third-order valence-electron chi connectivity index (χ3n) is 2.53. The van der Waals surface area contributed by atoms with E-state index in [9.17, 15) is 4.79 Å². The van der Waals surface area contributed by atoms with Crippen LogP contribution in [0.2, 0.25) is 0 Å². The van der Waals surface area contributed by atoms with E-state index < -0.39 is 0 Å². The molecule has 2 aromatic heterocycles. The van der Waals surface area contributed by atoms with Crippen LogP contribution in [0.15, 0.2) is 30.7 Å². The lowest BCUT2D eigenvalue weighted by atomic mass is 10.2. The number of allylic oxidation sites excluding steroid dienone is 1. The Kier molecular flexibility index (Phi) is 3.75. The topological polar surface area (TPSA) is 57.0 Å². The SMILES string of the molecule is COc1nc(C=CC(C)=O)ccc1-n1cnc(C)c1. The first-order valence-corrected chi connectivity index (χ1v) is 5.85. The van der Waals surface area contributed by atoms with Crippen LogP contribution in [0.1, 0.15) is 18.3 Å². The van der Waals surface area contributed by atoms with Crippen molar-refractivity contribution in [2.45, 2.75) is 13.8 Å². The number of rotatable bonds is 4. The summed E-state index contributed by atoms with van der Waals surface area (Å²) in [4.78, 5) is 19.4. The molecule has 98 valence electrons. The van der Waals surface area contributed by atoms with E-state index in [1.807, 2.05) is 29.8 Å². The molecule has 5 heteroatoms. The number of ether oxygens (including phenoxy) is 1. The van der Waals surface area contributed by atoms with Crippen molar-refractivity contribution < 1.29 is 9.53 Å². The molecular formula is C14H15N3O2. The van der Waals surface area contributed by atoms with Gasteiger partial charge in [-0.05, 0) is 38.1 Å². The summed E-state index contributed by atoms with van der Waals surface area (Å²) in [6.45, 7) is 3.41. The van der Waals surface area contributed by atoms with Gasteiger partial charge in [0.15, 0.2) is 5.78 Å². The zero-order valence-electron chi connectivity index (χ0n) is 11.1. The van der Waals surface area contributed by atoms with Gasteiger partial charge < -0.3 is 9.30 Å². The second-order valence-corrected chi connectivity index (χ2v) is 4.13. The number of pyridine rings is 1. The monoisotopic (exact) mass is 257 g/mol. The summed E-state index contributed by atoms with van der Waals surface area (Å²) in [6, 6.07) is 3.71. The van der Waals surface area contributed by atoms with Crippen LogP contribution in [-0.4, -0.2) is 27.4 Å². The second-order valence-electron chi connectivity index (χ2n) is 4.13. The second kappa shape index (κ2) is 5.48. The minimum atomic E-state index is -0.0184. The minimum Gasteiger partial charge on any atom is -0.479 e. The fourth-order valence-electron chi connectivity index (χ4n) is 1.64. The Morgan fingerprint density at radius 2 is 2.21 bits per heavy atom. The van der Waals surface area contributed by atoms with E-state index in [0.29, 0.717) is 11.6 Å². The van der Waals surface area contributed by atoms with E-state index in [2.05, 4.69) is 9.97 Å². The molecule has 0 fully saturated rings. The van der Waals surface area contributed by atoms with Crippen molar-refractivity contribution in [2.75, 3.05) is 7.11 Å². The van der Waals surface area contributed by atoms with E-state index in [1.54, 1.807) is 19.5 Å². The van der Waals surface area contributed by atoms with Crippen molar-refractivity contribution in [3.05, 3.63) is 42.1 Å². The molecule has 19 heavy (non-hydrogen) atoms. The van der Waals surface area contributed by atoms with Crippen molar-refractivity contribution in [3.8, 4) is 11.6 Å². The Morgan fingerprint density at radius 3 is 2.79 bits per heavy atom. The van der Waals surface area contributed by atoms with E-state index in [4.69, 9.17) is 4.74 Å². The number of imidazole rings is 1. The maximum absolute atomic E-state index is 10.9. The fourth-order valence-corrected chi connectivity index (χ4v) is 1.64. The highest BCUT2D eigenvalue weighted by Crippen LogP contribution is 2.21. The summed E-state index contributed by atoms with van der Waals surface area (Å²) in [5, 5.41) is 0. The number of methoxy groups -OCH3 is 1. The molecule has 0 unspecified atom stereocenters. The van der Waals surface area contributed by atoms with Crippen LogP contribution in [0, 0.1) is 6.92 Å². The van der Waals surface area contributed by atoms with Gasteiger partial charge >= 0.3 is 0 Å². The van der Waals surface area contributed by atoms with Crippen LogP contribution in [0.3, 0.4) is 0 Å². The number of carbonyl (C=O) groups is 1. The molecular weight excluding hydrogens is 242 g/mol. The molecule has 0 N–H and O–H groups in total. The number of aromatic nitrogens is 3. The van der Waals surface area contributed by atoms with Gasteiger partial charge in [-0.1, -0.05) is 0 Å². The summed E-state index contributed by atoms with van der Waals surface area (Å²) < 4.78 is 7.12. The van der Waals surface area contributed by atoms with Gasteiger partial charge in [0.05, 0.1) is 24.8 Å². The number of hydrogen-bond donors (Lipinski definition) is 0. The summed E-state index contributed by atoms with van der Waals surface area (Å²) in [5.74, 6) is 0.471. The Balaban J connectivity index is 2.39. The fraction of sp³-hybridized carbons (Fsp3) is 0.214. The summed E-state index contributed by atoms with van der Waals surface area (Å²) in [7, 11) is 1.56. The normalized spacial score (nSPS) is 10.9. The highest BCUT2D eigenvalue weighted by atomic mass is 16.5. The minimum absolute atomic E-state index is 0.0184. The number of hydrogen-bond acceptors (Lipinski definition) is 4. The first kappa shape index (κ1) is 13.0. The summed E-state index contributed by atoms with van der Waals surface area (Å²) in [6.07, 6.45) is 6.74.